The molecule has 0 bridgehead atoms. The van der Waals surface area contributed by atoms with Crippen LogP contribution in [-0.2, 0) is 9.68 Å². The van der Waals surface area contributed by atoms with Crippen molar-refractivity contribution in [1.82, 2.24) is 0 Å². The van der Waals surface area contributed by atoms with Crippen LogP contribution in [0, 0.1) is 0 Å². The van der Waals surface area contributed by atoms with Gasteiger partial charge < -0.3 is 9.68 Å². The van der Waals surface area contributed by atoms with E-state index in [2.05, 4.69) is 47.7 Å². The van der Waals surface area contributed by atoms with Crippen LogP contribution >= 0.6 is 0 Å². The van der Waals surface area contributed by atoms with Crippen molar-refractivity contribution in [3.63, 3.8) is 0 Å². The first-order valence-electron chi connectivity index (χ1n) is 8.13. The maximum atomic E-state index is 5.37. The molecular weight excluding hydrogens is 312 g/mol. The van der Waals surface area contributed by atoms with Crippen LogP contribution in [0.2, 0.25) is 0 Å². The van der Waals surface area contributed by atoms with Crippen LogP contribution in [0.5, 0.6) is 0 Å². The molecule has 2 aromatic carbocycles. The quantitative estimate of drug-likeness (QED) is 0.442. The van der Waals surface area contributed by atoms with Crippen molar-refractivity contribution in [1.29, 1.82) is 0 Å². The third kappa shape index (κ3) is 3.69. The summed E-state index contributed by atoms with van der Waals surface area (Å²) in [6.45, 7) is 8.03. The summed E-state index contributed by atoms with van der Waals surface area (Å²) in [7, 11) is 0. The van der Waals surface area contributed by atoms with Gasteiger partial charge in [-0.15, -0.1) is 0 Å². The number of fused-ring (bicyclic) bond motifs is 3. The molecule has 0 spiro atoms. The molecule has 0 aliphatic heterocycles. The molecule has 3 rings (SSSR count). The molecule has 25 heavy (non-hydrogen) atoms. The van der Waals surface area contributed by atoms with Gasteiger partial charge in [0.2, 0.25) is 0 Å². The van der Waals surface area contributed by atoms with E-state index in [4.69, 9.17) is 9.68 Å². The molecule has 1 aliphatic rings. The maximum absolute atomic E-state index is 5.37. The van der Waals surface area contributed by atoms with Crippen LogP contribution in [0.15, 0.2) is 84.2 Å². The van der Waals surface area contributed by atoms with Crippen molar-refractivity contribution in [2.45, 2.75) is 6.42 Å². The van der Waals surface area contributed by atoms with Gasteiger partial charge in [-0.05, 0) is 11.1 Å². The van der Waals surface area contributed by atoms with Gasteiger partial charge in [-0.2, -0.15) is 0 Å². The van der Waals surface area contributed by atoms with E-state index in [1.54, 1.807) is 12.2 Å². The molecule has 0 heterocycles. The third-order valence-corrected chi connectivity index (χ3v) is 3.84. The van der Waals surface area contributed by atoms with E-state index in [1.165, 1.54) is 0 Å². The Balaban J connectivity index is 2.13. The molecule has 1 aliphatic carbocycles. The second kappa shape index (κ2) is 8.11. The van der Waals surface area contributed by atoms with E-state index in [-0.39, 0.29) is 0 Å². The Labute approximate surface area is 147 Å². The fourth-order valence-electron chi connectivity index (χ4n) is 2.79. The molecule has 0 fully saturated rings. The first kappa shape index (κ1) is 16.7. The predicted octanol–water partition coefficient (Wildman–Crippen LogP) is 4.57. The molecule has 0 aromatic heterocycles. The minimum Gasteiger partial charge on any atom is -0.391 e. The summed E-state index contributed by atoms with van der Waals surface area (Å²) in [6.07, 6.45) is 3.86. The fourth-order valence-corrected chi connectivity index (χ4v) is 2.79. The van der Waals surface area contributed by atoms with Crippen molar-refractivity contribution in [2.24, 2.45) is 10.3 Å². The summed E-state index contributed by atoms with van der Waals surface area (Å²) in [5.74, 6) is 0. The molecular formula is C21H20N2O2. The first-order valence-corrected chi connectivity index (χ1v) is 8.13. The highest BCUT2D eigenvalue weighted by Crippen LogP contribution is 2.33. The topological polar surface area (TPSA) is 43.2 Å². The highest BCUT2D eigenvalue weighted by atomic mass is 16.6. The molecule has 4 nitrogen and oxygen atoms in total. The van der Waals surface area contributed by atoms with Gasteiger partial charge in [-0.1, -0.05) is 84.2 Å². The molecule has 126 valence electrons. The summed E-state index contributed by atoms with van der Waals surface area (Å²) < 4.78 is 0. The number of benzene rings is 2. The Kier molecular flexibility index (Phi) is 5.42. The summed E-state index contributed by atoms with van der Waals surface area (Å²) in [5.41, 5.74) is 5.91. The van der Waals surface area contributed by atoms with Gasteiger partial charge in [0, 0.05) is 17.5 Å². The van der Waals surface area contributed by atoms with Gasteiger partial charge >= 0.3 is 0 Å². The van der Waals surface area contributed by atoms with E-state index in [1.807, 2.05) is 24.3 Å². The lowest BCUT2D eigenvalue weighted by molar-refractivity contribution is 0.173. The lowest BCUT2D eigenvalue weighted by Crippen LogP contribution is -2.10. The van der Waals surface area contributed by atoms with Crippen LogP contribution in [0.25, 0.3) is 11.1 Å². The average molecular weight is 332 g/mol. The van der Waals surface area contributed by atoms with Gasteiger partial charge in [0.15, 0.2) is 0 Å². The minimum absolute atomic E-state index is 0.359. The minimum atomic E-state index is 0.359. The largest absolute Gasteiger partial charge is 0.391 e. The van der Waals surface area contributed by atoms with Gasteiger partial charge in [0.1, 0.15) is 13.2 Å². The number of hydrogen-bond acceptors (Lipinski definition) is 4. The van der Waals surface area contributed by atoms with E-state index in [9.17, 15) is 0 Å². The molecule has 0 amide bonds. The van der Waals surface area contributed by atoms with Crippen molar-refractivity contribution >= 4 is 11.4 Å². The highest BCUT2D eigenvalue weighted by molar-refractivity contribution is 6.24. The van der Waals surface area contributed by atoms with Gasteiger partial charge in [-0.25, -0.2) is 0 Å². The standard InChI is InChI=1S/C21H20N2O2/c1-3-13-24-22-20-15-21(23-25-14-4-2)19-12-8-6-10-17(19)16-9-5-7-11-18(16)20/h3-12H,1-2,13-15H2. The van der Waals surface area contributed by atoms with Crippen LogP contribution in [0.1, 0.15) is 17.5 Å². The monoisotopic (exact) mass is 332 g/mol. The van der Waals surface area contributed by atoms with Crippen molar-refractivity contribution in [2.75, 3.05) is 13.2 Å². The molecule has 0 radical (unpaired) electrons. The van der Waals surface area contributed by atoms with Gasteiger partial charge in [0.25, 0.3) is 0 Å². The third-order valence-electron chi connectivity index (χ3n) is 3.84. The zero-order valence-corrected chi connectivity index (χ0v) is 14.0. The van der Waals surface area contributed by atoms with Crippen molar-refractivity contribution < 1.29 is 9.68 Å². The maximum Gasteiger partial charge on any atom is 0.135 e. The number of rotatable bonds is 6. The van der Waals surface area contributed by atoms with Crippen molar-refractivity contribution in [3.05, 3.63) is 85.0 Å². The van der Waals surface area contributed by atoms with Crippen LogP contribution in [-0.4, -0.2) is 24.6 Å². The Morgan fingerprint density at radius 3 is 1.52 bits per heavy atom. The second-order valence-electron chi connectivity index (χ2n) is 5.51. The van der Waals surface area contributed by atoms with Crippen LogP contribution < -0.4 is 0 Å². The summed E-state index contributed by atoms with van der Waals surface area (Å²) in [6, 6.07) is 16.3. The van der Waals surface area contributed by atoms with E-state index in [0.717, 1.165) is 33.7 Å². The van der Waals surface area contributed by atoms with Gasteiger partial charge in [-0.3, -0.25) is 0 Å². The Bertz CT molecular complexity index is 768. The number of oxime groups is 2. The average Bonchev–Trinajstić information content (AvgIpc) is 2.78. The molecule has 0 unspecified atom stereocenters. The number of nitrogens with zero attached hydrogens (tertiary/aromatic N) is 2. The van der Waals surface area contributed by atoms with Crippen molar-refractivity contribution in [3.8, 4) is 11.1 Å². The SMILES string of the molecule is C=CCON=C1CC(=NOCC=C)c2ccccc2-c2ccccc21. The lowest BCUT2D eigenvalue weighted by atomic mass is 9.96. The first-order chi connectivity index (χ1) is 12.3. The van der Waals surface area contributed by atoms with Gasteiger partial charge in [0.05, 0.1) is 11.4 Å². The molecule has 2 aromatic rings. The van der Waals surface area contributed by atoms with E-state index >= 15 is 0 Å². The summed E-state index contributed by atoms with van der Waals surface area (Å²) in [4.78, 5) is 10.7. The summed E-state index contributed by atoms with van der Waals surface area (Å²) >= 11 is 0. The molecule has 0 saturated heterocycles. The zero-order chi connectivity index (χ0) is 17.5. The van der Waals surface area contributed by atoms with E-state index in [0.29, 0.717) is 19.6 Å². The highest BCUT2D eigenvalue weighted by Gasteiger charge is 2.23. The molecule has 0 atom stereocenters. The van der Waals surface area contributed by atoms with Crippen LogP contribution in [0.4, 0.5) is 0 Å². The normalized spacial score (nSPS) is 15.8. The lowest BCUT2D eigenvalue weighted by Gasteiger charge is -2.08. The number of hydrogen-bond donors (Lipinski definition) is 0. The zero-order valence-electron chi connectivity index (χ0n) is 14.0. The summed E-state index contributed by atoms with van der Waals surface area (Å²) in [5, 5.41) is 8.65. The Morgan fingerprint density at radius 1 is 0.720 bits per heavy atom. The molecule has 4 heteroatoms. The second-order valence-corrected chi connectivity index (χ2v) is 5.51. The van der Waals surface area contributed by atoms with E-state index < -0.39 is 0 Å². The Hall–Kier alpha value is -3.14. The Morgan fingerprint density at radius 2 is 1.12 bits per heavy atom. The molecule has 0 saturated carbocycles. The predicted molar refractivity (Wildman–Crippen MR) is 102 cm³/mol. The van der Waals surface area contributed by atoms with Crippen LogP contribution in [0.3, 0.4) is 0 Å². The molecule has 0 N–H and O–H groups in total. The smallest absolute Gasteiger partial charge is 0.135 e. The fraction of sp³-hybridized carbons (Fsp3) is 0.143.